The lowest BCUT2D eigenvalue weighted by Crippen LogP contribution is -2.01. The highest BCUT2D eigenvalue weighted by molar-refractivity contribution is 9.10. The predicted octanol–water partition coefficient (Wildman–Crippen LogP) is 4.15. The van der Waals surface area contributed by atoms with Crippen LogP contribution in [0, 0.1) is 6.92 Å². The van der Waals surface area contributed by atoms with Crippen LogP contribution in [0.25, 0.3) is 11.4 Å². The monoisotopic (exact) mass is 342 g/mol. The fourth-order valence-electron chi connectivity index (χ4n) is 2.14. The molecule has 5 heteroatoms. The maximum atomic E-state index is 4.40. The molecular formula is C16H15BrN4. The summed E-state index contributed by atoms with van der Waals surface area (Å²) < 4.78 is 1.08. The number of hydrogen-bond acceptors (Lipinski definition) is 3. The number of aromatic amines is 1. The highest BCUT2D eigenvalue weighted by atomic mass is 79.9. The van der Waals surface area contributed by atoms with E-state index in [4.69, 9.17) is 0 Å². The van der Waals surface area contributed by atoms with Gasteiger partial charge in [-0.05, 0) is 36.8 Å². The summed E-state index contributed by atoms with van der Waals surface area (Å²) in [5.74, 6) is 1.52. The van der Waals surface area contributed by atoms with Crippen molar-refractivity contribution >= 4 is 21.6 Å². The Morgan fingerprint density at radius 3 is 2.76 bits per heavy atom. The van der Waals surface area contributed by atoms with Crippen LogP contribution in [-0.2, 0) is 6.54 Å². The largest absolute Gasteiger partial charge is 0.380 e. The van der Waals surface area contributed by atoms with Crippen LogP contribution in [0.3, 0.4) is 0 Å². The van der Waals surface area contributed by atoms with Crippen molar-refractivity contribution in [3.8, 4) is 11.4 Å². The molecule has 3 aromatic rings. The minimum Gasteiger partial charge on any atom is -0.380 e. The minimum atomic E-state index is 0.713. The number of nitrogens with zero attached hydrogens (tertiary/aromatic N) is 2. The Morgan fingerprint density at radius 2 is 2.00 bits per heavy atom. The van der Waals surface area contributed by atoms with Gasteiger partial charge in [-0.3, -0.25) is 5.10 Å². The average molecular weight is 343 g/mol. The second-order valence-corrected chi connectivity index (χ2v) is 5.69. The fraction of sp³-hybridized carbons (Fsp3) is 0.125. The zero-order chi connectivity index (χ0) is 14.7. The molecule has 0 bridgehead atoms. The van der Waals surface area contributed by atoms with Crippen molar-refractivity contribution in [2.24, 2.45) is 0 Å². The number of aromatic nitrogens is 3. The number of H-pyrrole nitrogens is 1. The molecule has 2 N–H and O–H groups in total. The Kier molecular flexibility index (Phi) is 4.01. The Morgan fingerprint density at radius 1 is 1.14 bits per heavy atom. The van der Waals surface area contributed by atoms with Crippen LogP contribution in [0.2, 0.25) is 0 Å². The van der Waals surface area contributed by atoms with Gasteiger partial charge in [0.05, 0.1) is 0 Å². The quantitative estimate of drug-likeness (QED) is 0.748. The first kappa shape index (κ1) is 13.8. The molecule has 2 aromatic carbocycles. The van der Waals surface area contributed by atoms with Crippen molar-refractivity contribution in [3.63, 3.8) is 0 Å². The molecule has 0 saturated heterocycles. The van der Waals surface area contributed by atoms with E-state index in [2.05, 4.69) is 48.6 Å². The number of benzene rings is 2. The number of hydrogen-bond donors (Lipinski definition) is 2. The van der Waals surface area contributed by atoms with Gasteiger partial charge < -0.3 is 5.32 Å². The van der Waals surface area contributed by atoms with Crippen LogP contribution in [-0.4, -0.2) is 15.2 Å². The van der Waals surface area contributed by atoms with Crippen LogP contribution >= 0.6 is 15.9 Å². The van der Waals surface area contributed by atoms with Gasteiger partial charge in [-0.15, -0.1) is 0 Å². The fourth-order valence-corrected chi connectivity index (χ4v) is 2.59. The van der Waals surface area contributed by atoms with E-state index >= 15 is 0 Å². The lowest BCUT2D eigenvalue weighted by Gasteiger charge is -2.10. The minimum absolute atomic E-state index is 0.713. The first-order valence-electron chi connectivity index (χ1n) is 6.69. The van der Waals surface area contributed by atoms with E-state index in [1.807, 2.05) is 43.3 Å². The summed E-state index contributed by atoms with van der Waals surface area (Å²) in [6.45, 7) is 2.65. The van der Waals surface area contributed by atoms with E-state index in [1.165, 1.54) is 5.56 Å². The van der Waals surface area contributed by atoms with Crippen molar-refractivity contribution in [1.82, 2.24) is 15.2 Å². The summed E-state index contributed by atoms with van der Waals surface area (Å²) in [6.07, 6.45) is 0. The Balaban J connectivity index is 1.83. The summed E-state index contributed by atoms with van der Waals surface area (Å²) >= 11 is 3.49. The smallest absolute Gasteiger partial charge is 0.183 e. The van der Waals surface area contributed by atoms with Crippen LogP contribution in [0.5, 0.6) is 0 Å². The molecule has 21 heavy (non-hydrogen) atoms. The van der Waals surface area contributed by atoms with Gasteiger partial charge in [0.1, 0.15) is 5.82 Å². The van der Waals surface area contributed by atoms with Gasteiger partial charge in [0.15, 0.2) is 5.82 Å². The molecule has 0 aliphatic heterocycles. The lowest BCUT2D eigenvalue weighted by atomic mass is 10.1. The number of aryl methyl sites for hydroxylation is 1. The number of rotatable bonds is 4. The van der Waals surface area contributed by atoms with Gasteiger partial charge in [0.2, 0.25) is 0 Å². The third-order valence-electron chi connectivity index (χ3n) is 3.14. The van der Waals surface area contributed by atoms with Gasteiger partial charge in [-0.25, -0.2) is 4.98 Å². The van der Waals surface area contributed by atoms with Gasteiger partial charge >= 0.3 is 0 Å². The summed E-state index contributed by atoms with van der Waals surface area (Å²) in [7, 11) is 0. The Hall–Kier alpha value is -2.14. The molecule has 0 spiro atoms. The normalized spacial score (nSPS) is 10.6. The summed E-state index contributed by atoms with van der Waals surface area (Å²) in [6, 6.07) is 16.3. The maximum absolute atomic E-state index is 4.40. The Bertz CT molecular complexity index is 751. The zero-order valence-corrected chi connectivity index (χ0v) is 13.2. The number of para-hydroxylation sites is 1. The lowest BCUT2D eigenvalue weighted by molar-refractivity contribution is 1.04. The first-order chi connectivity index (χ1) is 10.2. The molecule has 1 heterocycles. The van der Waals surface area contributed by atoms with E-state index < -0.39 is 0 Å². The molecule has 0 fully saturated rings. The van der Waals surface area contributed by atoms with Crippen molar-refractivity contribution in [2.45, 2.75) is 13.5 Å². The van der Waals surface area contributed by atoms with E-state index in [0.29, 0.717) is 5.82 Å². The van der Waals surface area contributed by atoms with Gasteiger partial charge in [-0.2, -0.15) is 5.10 Å². The molecule has 106 valence electrons. The molecule has 0 amide bonds. The highest BCUT2D eigenvalue weighted by Crippen LogP contribution is 2.25. The highest BCUT2D eigenvalue weighted by Gasteiger charge is 2.08. The summed E-state index contributed by atoms with van der Waals surface area (Å²) in [5.41, 5.74) is 3.23. The molecule has 0 saturated carbocycles. The average Bonchev–Trinajstić information content (AvgIpc) is 2.92. The maximum Gasteiger partial charge on any atom is 0.183 e. The van der Waals surface area contributed by atoms with Crippen LogP contribution in [0.4, 0.5) is 5.69 Å². The van der Waals surface area contributed by atoms with E-state index in [-0.39, 0.29) is 0 Å². The molecule has 0 radical (unpaired) electrons. The number of halogens is 1. The van der Waals surface area contributed by atoms with Crippen LogP contribution < -0.4 is 5.32 Å². The predicted molar refractivity (Wildman–Crippen MR) is 88.0 cm³/mol. The number of anilines is 1. The van der Waals surface area contributed by atoms with Gasteiger partial charge in [-0.1, -0.05) is 40.2 Å². The van der Waals surface area contributed by atoms with Crippen molar-refractivity contribution in [3.05, 3.63) is 64.4 Å². The zero-order valence-electron chi connectivity index (χ0n) is 11.6. The molecule has 0 aliphatic carbocycles. The summed E-state index contributed by atoms with van der Waals surface area (Å²) in [5, 5.41) is 10.6. The third-order valence-corrected chi connectivity index (χ3v) is 3.63. The SMILES string of the molecule is Cc1nc(-c2ccccc2NCc2cccc(Br)c2)n[nH]1. The second kappa shape index (κ2) is 6.10. The third kappa shape index (κ3) is 3.31. The first-order valence-corrected chi connectivity index (χ1v) is 7.48. The second-order valence-electron chi connectivity index (χ2n) is 4.77. The molecular weight excluding hydrogens is 328 g/mol. The van der Waals surface area contributed by atoms with Gasteiger partial charge in [0, 0.05) is 22.3 Å². The molecule has 3 rings (SSSR count). The molecule has 0 atom stereocenters. The molecule has 0 aliphatic rings. The molecule has 4 nitrogen and oxygen atoms in total. The molecule has 0 unspecified atom stereocenters. The van der Waals surface area contributed by atoms with Crippen molar-refractivity contribution in [1.29, 1.82) is 0 Å². The summed E-state index contributed by atoms with van der Waals surface area (Å²) in [4.78, 5) is 4.40. The van der Waals surface area contributed by atoms with E-state index in [1.54, 1.807) is 0 Å². The van der Waals surface area contributed by atoms with E-state index in [9.17, 15) is 0 Å². The number of nitrogens with one attached hydrogen (secondary N) is 2. The van der Waals surface area contributed by atoms with Crippen molar-refractivity contribution < 1.29 is 0 Å². The van der Waals surface area contributed by atoms with Crippen LogP contribution in [0.15, 0.2) is 53.0 Å². The molecule has 1 aromatic heterocycles. The van der Waals surface area contributed by atoms with Crippen molar-refractivity contribution in [2.75, 3.05) is 5.32 Å². The van der Waals surface area contributed by atoms with Gasteiger partial charge in [0.25, 0.3) is 0 Å². The van der Waals surface area contributed by atoms with E-state index in [0.717, 1.165) is 28.1 Å². The Labute approximate surface area is 131 Å². The standard InChI is InChI=1S/C16H15BrN4/c1-11-19-16(21-20-11)14-7-2-3-8-15(14)18-10-12-5-4-6-13(17)9-12/h2-9,18H,10H2,1H3,(H,19,20,21). The van der Waals surface area contributed by atoms with Crippen LogP contribution in [0.1, 0.15) is 11.4 Å². The topological polar surface area (TPSA) is 53.6 Å².